The van der Waals surface area contributed by atoms with Crippen LogP contribution < -0.4 is 5.56 Å². The molecule has 0 aliphatic rings. The van der Waals surface area contributed by atoms with Crippen LogP contribution in [0.1, 0.15) is 22.9 Å². The first-order chi connectivity index (χ1) is 10.4. The molecule has 0 radical (unpaired) electrons. The molecular weight excluding hydrogens is 312 g/mol. The fraction of sp³-hybridized carbons (Fsp3) is 0.294. The van der Waals surface area contributed by atoms with Crippen LogP contribution in [0.4, 0.5) is 0 Å². The molecule has 2 heterocycles. The first-order valence-electron chi connectivity index (χ1n) is 7.28. The zero-order valence-corrected chi connectivity index (χ0v) is 14.7. The second-order valence-corrected chi connectivity index (χ2v) is 7.13. The SMILES string of the molecule is CCn1c(=S)[nH]c2sc(C)c(-c3ccc(C)c(C)c3)c2c1=O. The van der Waals surface area contributed by atoms with Crippen LogP contribution in [-0.4, -0.2) is 9.55 Å². The zero-order valence-electron chi connectivity index (χ0n) is 13.1. The van der Waals surface area contributed by atoms with Crippen molar-refractivity contribution in [1.29, 1.82) is 0 Å². The Kier molecular flexibility index (Phi) is 3.78. The predicted octanol–water partition coefficient (Wildman–Crippen LogP) is 4.73. The summed E-state index contributed by atoms with van der Waals surface area (Å²) < 4.78 is 2.11. The smallest absolute Gasteiger partial charge is 0.263 e. The molecule has 22 heavy (non-hydrogen) atoms. The Morgan fingerprint density at radius 3 is 2.59 bits per heavy atom. The third kappa shape index (κ3) is 2.25. The largest absolute Gasteiger partial charge is 0.323 e. The van der Waals surface area contributed by atoms with Crippen molar-refractivity contribution < 1.29 is 0 Å². The van der Waals surface area contributed by atoms with E-state index in [1.807, 2.05) is 6.92 Å². The fourth-order valence-electron chi connectivity index (χ4n) is 2.76. The van der Waals surface area contributed by atoms with E-state index in [0.29, 0.717) is 11.3 Å². The predicted molar refractivity (Wildman–Crippen MR) is 96.6 cm³/mol. The van der Waals surface area contributed by atoms with Gasteiger partial charge in [-0.05, 0) is 56.6 Å². The Hall–Kier alpha value is -1.72. The number of benzene rings is 1. The van der Waals surface area contributed by atoms with E-state index < -0.39 is 0 Å². The van der Waals surface area contributed by atoms with Crippen molar-refractivity contribution in [2.45, 2.75) is 34.2 Å². The third-order valence-corrected chi connectivity index (χ3v) is 5.46. The van der Waals surface area contributed by atoms with Gasteiger partial charge in [0.25, 0.3) is 5.56 Å². The molecule has 2 aromatic heterocycles. The molecule has 1 N–H and O–H groups in total. The number of nitrogens with zero attached hydrogens (tertiary/aromatic N) is 1. The summed E-state index contributed by atoms with van der Waals surface area (Å²) in [5.41, 5.74) is 4.61. The lowest BCUT2D eigenvalue weighted by Gasteiger charge is -2.07. The van der Waals surface area contributed by atoms with Crippen LogP contribution in [0.5, 0.6) is 0 Å². The highest BCUT2D eigenvalue weighted by Gasteiger charge is 2.17. The second kappa shape index (κ2) is 5.48. The quantitative estimate of drug-likeness (QED) is 0.690. The Bertz CT molecular complexity index is 992. The van der Waals surface area contributed by atoms with Crippen LogP contribution >= 0.6 is 23.6 Å². The normalized spacial score (nSPS) is 11.3. The van der Waals surface area contributed by atoms with Gasteiger partial charge in [0.1, 0.15) is 4.83 Å². The summed E-state index contributed by atoms with van der Waals surface area (Å²) in [5.74, 6) is 0. The first-order valence-corrected chi connectivity index (χ1v) is 8.50. The molecule has 0 fully saturated rings. The van der Waals surface area contributed by atoms with Gasteiger partial charge in [0.2, 0.25) is 0 Å². The molecule has 0 bridgehead atoms. The molecule has 1 aromatic carbocycles. The molecule has 0 saturated carbocycles. The summed E-state index contributed by atoms with van der Waals surface area (Å²) in [7, 11) is 0. The third-order valence-electron chi connectivity index (χ3n) is 4.12. The van der Waals surface area contributed by atoms with Crippen LogP contribution in [0, 0.1) is 25.5 Å². The van der Waals surface area contributed by atoms with E-state index in [0.717, 1.165) is 26.2 Å². The Balaban J connectivity index is 2.44. The number of nitrogens with one attached hydrogen (secondary N) is 1. The number of H-pyrrole nitrogens is 1. The molecule has 0 unspecified atom stereocenters. The molecule has 3 rings (SSSR count). The number of hydrogen-bond acceptors (Lipinski definition) is 3. The molecule has 0 atom stereocenters. The summed E-state index contributed by atoms with van der Waals surface area (Å²) >= 11 is 6.88. The molecule has 3 nitrogen and oxygen atoms in total. The monoisotopic (exact) mass is 330 g/mol. The summed E-state index contributed by atoms with van der Waals surface area (Å²) in [6, 6.07) is 6.35. The van der Waals surface area contributed by atoms with Gasteiger partial charge in [-0.1, -0.05) is 18.2 Å². The van der Waals surface area contributed by atoms with Crippen molar-refractivity contribution >= 4 is 33.8 Å². The van der Waals surface area contributed by atoms with E-state index in [4.69, 9.17) is 12.2 Å². The zero-order chi connectivity index (χ0) is 16.0. The maximum atomic E-state index is 12.8. The molecule has 0 aliphatic heterocycles. The molecule has 3 aromatic rings. The summed E-state index contributed by atoms with van der Waals surface area (Å²) in [6.45, 7) is 8.76. The average Bonchev–Trinajstić information content (AvgIpc) is 2.78. The maximum absolute atomic E-state index is 12.8. The molecule has 0 spiro atoms. The van der Waals surface area contributed by atoms with Crippen LogP contribution in [0.25, 0.3) is 21.3 Å². The minimum atomic E-state index is -0.00109. The van der Waals surface area contributed by atoms with Gasteiger partial charge in [0.15, 0.2) is 4.77 Å². The number of thiophene rings is 1. The van der Waals surface area contributed by atoms with Gasteiger partial charge in [0.05, 0.1) is 5.39 Å². The average molecular weight is 330 g/mol. The van der Waals surface area contributed by atoms with E-state index >= 15 is 0 Å². The highest BCUT2D eigenvalue weighted by atomic mass is 32.1. The fourth-order valence-corrected chi connectivity index (χ4v) is 4.21. The highest BCUT2D eigenvalue weighted by molar-refractivity contribution is 7.71. The van der Waals surface area contributed by atoms with Crippen LogP contribution in [-0.2, 0) is 6.54 Å². The number of aromatic nitrogens is 2. The van der Waals surface area contributed by atoms with Crippen molar-refractivity contribution in [1.82, 2.24) is 9.55 Å². The lowest BCUT2D eigenvalue weighted by Crippen LogP contribution is -2.20. The lowest BCUT2D eigenvalue weighted by atomic mass is 9.99. The van der Waals surface area contributed by atoms with Crippen LogP contribution in [0.2, 0.25) is 0 Å². The summed E-state index contributed by atoms with van der Waals surface area (Å²) in [4.78, 5) is 18.0. The Labute approximate surface area is 138 Å². The van der Waals surface area contributed by atoms with Crippen LogP contribution in [0.3, 0.4) is 0 Å². The molecule has 5 heteroatoms. The number of aromatic amines is 1. The van der Waals surface area contributed by atoms with Gasteiger partial charge in [-0.15, -0.1) is 11.3 Å². The molecular formula is C17H18N2OS2. The molecule has 0 saturated heterocycles. The van der Waals surface area contributed by atoms with Crippen molar-refractivity contribution in [2.24, 2.45) is 0 Å². The first kappa shape index (κ1) is 15.2. The van der Waals surface area contributed by atoms with Gasteiger partial charge < -0.3 is 4.98 Å². The van der Waals surface area contributed by atoms with Crippen molar-refractivity contribution in [3.05, 3.63) is 49.3 Å². The number of fused-ring (bicyclic) bond motifs is 1. The van der Waals surface area contributed by atoms with Crippen molar-refractivity contribution in [3.8, 4) is 11.1 Å². The van der Waals surface area contributed by atoms with E-state index in [1.54, 1.807) is 15.9 Å². The maximum Gasteiger partial charge on any atom is 0.263 e. The second-order valence-electron chi connectivity index (χ2n) is 5.52. The van der Waals surface area contributed by atoms with E-state index in [-0.39, 0.29) is 5.56 Å². The molecule has 114 valence electrons. The highest BCUT2D eigenvalue weighted by Crippen LogP contribution is 2.36. The minimum absolute atomic E-state index is 0.00109. The topological polar surface area (TPSA) is 37.8 Å². The lowest BCUT2D eigenvalue weighted by molar-refractivity contribution is 0.706. The Morgan fingerprint density at radius 1 is 1.23 bits per heavy atom. The molecule has 0 aliphatic carbocycles. The number of aryl methyl sites for hydroxylation is 3. The standard InChI is InChI=1S/C17H18N2OS2/c1-5-19-16(20)14-13(11(4)22-15(14)18-17(19)21)12-7-6-9(2)10(3)8-12/h6-8H,5H2,1-4H3,(H,18,21). The number of rotatable bonds is 2. The van der Waals surface area contributed by atoms with Crippen molar-refractivity contribution in [2.75, 3.05) is 0 Å². The summed E-state index contributed by atoms with van der Waals surface area (Å²) in [6.07, 6.45) is 0. The van der Waals surface area contributed by atoms with Crippen LogP contribution in [0.15, 0.2) is 23.0 Å². The van der Waals surface area contributed by atoms with E-state index in [1.165, 1.54) is 11.1 Å². The molecule has 0 amide bonds. The van der Waals surface area contributed by atoms with Gasteiger partial charge in [0, 0.05) is 17.0 Å². The minimum Gasteiger partial charge on any atom is -0.323 e. The van der Waals surface area contributed by atoms with Gasteiger partial charge in [-0.3, -0.25) is 9.36 Å². The van der Waals surface area contributed by atoms with E-state index in [2.05, 4.69) is 44.0 Å². The van der Waals surface area contributed by atoms with Crippen molar-refractivity contribution in [3.63, 3.8) is 0 Å². The Morgan fingerprint density at radius 2 is 1.95 bits per heavy atom. The summed E-state index contributed by atoms with van der Waals surface area (Å²) in [5, 5.41) is 0.751. The van der Waals surface area contributed by atoms with Gasteiger partial charge in [-0.25, -0.2) is 0 Å². The van der Waals surface area contributed by atoms with Gasteiger partial charge >= 0.3 is 0 Å². The number of hydrogen-bond donors (Lipinski definition) is 1. The van der Waals surface area contributed by atoms with Gasteiger partial charge in [-0.2, -0.15) is 0 Å². The van der Waals surface area contributed by atoms with E-state index in [9.17, 15) is 4.79 Å².